The zero-order valence-electron chi connectivity index (χ0n) is 15.8. The first kappa shape index (κ1) is 20.6. The Hall–Kier alpha value is -2.67. The SMILES string of the molecule is COc1cc(OC)c(/C=C/C(=O)c2cc(OC)c(OC)c(OC)c2)cc1Br. The van der Waals surface area contributed by atoms with Crippen molar-refractivity contribution >= 4 is 27.8 Å². The molecule has 2 aromatic rings. The molecule has 0 fully saturated rings. The first-order valence-corrected chi connectivity index (χ1v) is 8.72. The van der Waals surface area contributed by atoms with E-state index in [2.05, 4.69) is 15.9 Å². The lowest BCUT2D eigenvalue weighted by molar-refractivity contribution is 0.104. The zero-order valence-corrected chi connectivity index (χ0v) is 17.4. The van der Waals surface area contributed by atoms with Crippen LogP contribution in [-0.4, -0.2) is 41.3 Å². The lowest BCUT2D eigenvalue weighted by Gasteiger charge is -2.13. The Morgan fingerprint density at radius 2 is 1.33 bits per heavy atom. The molecule has 0 N–H and O–H groups in total. The number of benzene rings is 2. The standard InChI is InChI=1S/C20H21BrO6/c1-23-16-11-17(24-2)14(21)8-12(16)6-7-15(22)13-9-18(25-3)20(27-5)19(10-13)26-4/h6-11H,1-5H3/b7-6+. The predicted molar refractivity (Wildman–Crippen MR) is 107 cm³/mol. The first-order chi connectivity index (χ1) is 13.0. The fourth-order valence-electron chi connectivity index (χ4n) is 2.50. The van der Waals surface area contributed by atoms with Crippen molar-refractivity contribution in [2.24, 2.45) is 0 Å². The highest BCUT2D eigenvalue weighted by molar-refractivity contribution is 9.10. The van der Waals surface area contributed by atoms with E-state index < -0.39 is 0 Å². The largest absolute Gasteiger partial charge is 0.496 e. The van der Waals surface area contributed by atoms with Gasteiger partial charge in [0.05, 0.1) is 40.0 Å². The maximum atomic E-state index is 12.6. The Balaban J connectivity index is 2.39. The van der Waals surface area contributed by atoms with Crippen molar-refractivity contribution in [1.82, 2.24) is 0 Å². The van der Waals surface area contributed by atoms with E-state index >= 15 is 0 Å². The molecule has 0 saturated carbocycles. The smallest absolute Gasteiger partial charge is 0.203 e. The normalized spacial score (nSPS) is 10.6. The van der Waals surface area contributed by atoms with Crippen LogP contribution in [0.3, 0.4) is 0 Å². The average Bonchev–Trinajstić information content (AvgIpc) is 2.70. The Kier molecular flexibility index (Phi) is 7.12. The van der Waals surface area contributed by atoms with Crippen molar-refractivity contribution < 1.29 is 28.5 Å². The van der Waals surface area contributed by atoms with Crippen LogP contribution < -0.4 is 23.7 Å². The van der Waals surface area contributed by atoms with Gasteiger partial charge >= 0.3 is 0 Å². The van der Waals surface area contributed by atoms with Gasteiger partial charge in [-0.3, -0.25) is 4.79 Å². The molecule has 7 heteroatoms. The fourth-order valence-corrected chi connectivity index (χ4v) is 3.02. The van der Waals surface area contributed by atoms with Crippen LogP contribution in [-0.2, 0) is 0 Å². The fraction of sp³-hybridized carbons (Fsp3) is 0.250. The molecule has 2 aromatic carbocycles. The minimum Gasteiger partial charge on any atom is -0.496 e. The highest BCUT2D eigenvalue weighted by Crippen LogP contribution is 2.38. The number of hydrogen-bond donors (Lipinski definition) is 0. The topological polar surface area (TPSA) is 63.2 Å². The van der Waals surface area contributed by atoms with Gasteiger partial charge in [-0.05, 0) is 46.3 Å². The minimum absolute atomic E-state index is 0.219. The third-order valence-electron chi connectivity index (χ3n) is 3.87. The molecule has 0 bridgehead atoms. The third-order valence-corrected chi connectivity index (χ3v) is 4.49. The van der Waals surface area contributed by atoms with Gasteiger partial charge in [-0.25, -0.2) is 0 Å². The van der Waals surface area contributed by atoms with E-state index in [1.807, 2.05) is 6.07 Å². The zero-order chi connectivity index (χ0) is 20.0. The van der Waals surface area contributed by atoms with E-state index in [0.717, 1.165) is 10.0 Å². The van der Waals surface area contributed by atoms with E-state index in [1.165, 1.54) is 27.4 Å². The molecule has 0 amide bonds. The summed E-state index contributed by atoms with van der Waals surface area (Å²) in [6, 6.07) is 6.77. The first-order valence-electron chi connectivity index (χ1n) is 7.93. The molecule has 0 aliphatic carbocycles. The molecule has 0 aliphatic heterocycles. The molecule has 2 rings (SSSR count). The molecule has 144 valence electrons. The molecule has 0 saturated heterocycles. The highest BCUT2D eigenvalue weighted by atomic mass is 79.9. The number of halogens is 1. The summed E-state index contributed by atoms with van der Waals surface area (Å²) in [4.78, 5) is 12.6. The number of rotatable bonds is 8. The molecule has 0 spiro atoms. The molecule has 0 aromatic heterocycles. The van der Waals surface area contributed by atoms with Gasteiger partial charge in [-0.1, -0.05) is 0 Å². The van der Waals surface area contributed by atoms with Crippen LogP contribution in [0.1, 0.15) is 15.9 Å². The molecule has 0 unspecified atom stereocenters. The lowest BCUT2D eigenvalue weighted by atomic mass is 10.1. The molecule has 0 aliphatic rings. The van der Waals surface area contributed by atoms with Crippen molar-refractivity contribution in [1.29, 1.82) is 0 Å². The maximum absolute atomic E-state index is 12.6. The highest BCUT2D eigenvalue weighted by Gasteiger charge is 2.16. The van der Waals surface area contributed by atoms with Crippen molar-refractivity contribution in [2.75, 3.05) is 35.5 Å². The van der Waals surface area contributed by atoms with Gasteiger partial charge in [0.1, 0.15) is 11.5 Å². The quantitative estimate of drug-likeness (QED) is 0.451. The van der Waals surface area contributed by atoms with E-state index in [0.29, 0.717) is 34.3 Å². The van der Waals surface area contributed by atoms with E-state index in [9.17, 15) is 4.79 Å². The molecular formula is C20H21BrO6. The number of carbonyl (C=O) groups excluding carboxylic acids is 1. The monoisotopic (exact) mass is 436 g/mol. The van der Waals surface area contributed by atoms with Crippen LogP contribution in [0.5, 0.6) is 28.7 Å². The van der Waals surface area contributed by atoms with Gasteiger partial charge in [0, 0.05) is 17.2 Å². The van der Waals surface area contributed by atoms with Crippen molar-refractivity contribution in [3.63, 3.8) is 0 Å². The van der Waals surface area contributed by atoms with Crippen LogP contribution in [0.25, 0.3) is 6.08 Å². The maximum Gasteiger partial charge on any atom is 0.203 e. The van der Waals surface area contributed by atoms with Gasteiger partial charge in [0.15, 0.2) is 17.3 Å². The number of carbonyl (C=O) groups is 1. The van der Waals surface area contributed by atoms with Crippen LogP contribution in [0.4, 0.5) is 0 Å². The Morgan fingerprint density at radius 1 is 0.778 bits per heavy atom. The Labute approximate surface area is 166 Å². The number of ether oxygens (including phenoxy) is 5. The summed E-state index contributed by atoms with van der Waals surface area (Å²) in [7, 11) is 7.64. The molecule has 0 atom stereocenters. The second kappa shape index (κ2) is 9.32. The van der Waals surface area contributed by atoms with E-state index in [-0.39, 0.29) is 5.78 Å². The number of ketones is 1. The third kappa shape index (κ3) is 4.54. The van der Waals surface area contributed by atoms with Crippen LogP contribution in [0.2, 0.25) is 0 Å². The number of methoxy groups -OCH3 is 5. The second-order valence-electron chi connectivity index (χ2n) is 5.34. The molecule has 0 radical (unpaired) electrons. The average molecular weight is 437 g/mol. The summed E-state index contributed by atoms with van der Waals surface area (Å²) >= 11 is 3.43. The summed E-state index contributed by atoms with van der Waals surface area (Å²) < 4.78 is 27.2. The van der Waals surface area contributed by atoms with Crippen LogP contribution in [0, 0.1) is 0 Å². The summed E-state index contributed by atoms with van der Waals surface area (Å²) in [5, 5.41) is 0. The molecule has 27 heavy (non-hydrogen) atoms. The van der Waals surface area contributed by atoms with Crippen molar-refractivity contribution in [3.05, 3.63) is 45.9 Å². The lowest BCUT2D eigenvalue weighted by Crippen LogP contribution is -2.00. The Bertz CT molecular complexity index is 835. The van der Waals surface area contributed by atoms with Crippen molar-refractivity contribution in [3.8, 4) is 28.7 Å². The molecule has 6 nitrogen and oxygen atoms in total. The molecular weight excluding hydrogens is 416 g/mol. The minimum atomic E-state index is -0.219. The predicted octanol–water partition coefficient (Wildman–Crippen LogP) is 4.39. The number of allylic oxidation sites excluding steroid dienone is 1. The van der Waals surface area contributed by atoms with Crippen LogP contribution in [0.15, 0.2) is 34.8 Å². The number of hydrogen-bond acceptors (Lipinski definition) is 6. The summed E-state index contributed by atoms with van der Waals surface area (Å²) in [5.74, 6) is 2.27. The van der Waals surface area contributed by atoms with E-state index in [1.54, 1.807) is 38.5 Å². The van der Waals surface area contributed by atoms with Gasteiger partial charge in [0.25, 0.3) is 0 Å². The Morgan fingerprint density at radius 3 is 1.81 bits per heavy atom. The van der Waals surface area contributed by atoms with Crippen LogP contribution >= 0.6 is 15.9 Å². The summed E-state index contributed by atoms with van der Waals surface area (Å²) in [6.07, 6.45) is 3.13. The van der Waals surface area contributed by atoms with Gasteiger partial charge in [-0.15, -0.1) is 0 Å². The van der Waals surface area contributed by atoms with Gasteiger partial charge in [-0.2, -0.15) is 0 Å². The van der Waals surface area contributed by atoms with Gasteiger partial charge < -0.3 is 23.7 Å². The summed E-state index contributed by atoms with van der Waals surface area (Å²) in [5.41, 5.74) is 1.14. The van der Waals surface area contributed by atoms with Crippen molar-refractivity contribution in [2.45, 2.75) is 0 Å². The molecule has 0 heterocycles. The summed E-state index contributed by atoms with van der Waals surface area (Å²) in [6.45, 7) is 0. The second-order valence-corrected chi connectivity index (χ2v) is 6.19. The van der Waals surface area contributed by atoms with E-state index in [4.69, 9.17) is 23.7 Å². The van der Waals surface area contributed by atoms with Gasteiger partial charge in [0.2, 0.25) is 5.75 Å².